The Hall–Kier alpha value is -1.36. The number of hydrogen-bond acceptors (Lipinski definition) is 5. The standard InChI is InChI=1S/C31H46O5/c1-17-16-31(17)12-7-11-28(4)22(31)10-13-29(5)21-9-8-20-19(3)35-27(34)26(20)30(21,6)24(15-23(28)29)36-25(33)14-18(2)32/h17-19,21-24,32H,7-16H2,1-6H3/t17-,18?,19+,21-,22?,23?,24-,28-,29-,30+,31-/m0/s1. The van der Waals surface area contributed by atoms with E-state index in [1.807, 2.05) is 6.92 Å². The third-order valence-corrected chi connectivity index (χ3v) is 12.8. The number of hydrogen-bond donors (Lipinski definition) is 1. The Kier molecular flexibility index (Phi) is 5.43. The van der Waals surface area contributed by atoms with E-state index in [0.29, 0.717) is 11.3 Å². The molecule has 4 fully saturated rings. The van der Waals surface area contributed by atoms with E-state index in [0.717, 1.165) is 42.2 Å². The minimum Gasteiger partial charge on any atom is -0.461 e. The van der Waals surface area contributed by atoms with Crippen molar-refractivity contribution < 1.29 is 24.2 Å². The number of aliphatic hydroxyl groups excluding tert-OH is 1. The van der Waals surface area contributed by atoms with Crippen LogP contribution in [0.4, 0.5) is 0 Å². The van der Waals surface area contributed by atoms with Gasteiger partial charge in [-0.05, 0) is 111 Å². The Labute approximate surface area is 216 Å². The Bertz CT molecular complexity index is 1010. The van der Waals surface area contributed by atoms with Crippen LogP contribution in [0.5, 0.6) is 0 Å². The van der Waals surface area contributed by atoms with E-state index in [2.05, 4.69) is 27.7 Å². The summed E-state index contributed by atoms with van der Waals surface area (Å²) in [5, 5.41) is 9.90. The van der Waals surface area contributed by atoms with Crippen LogP contribution in [-0.2, 0) is 19.1 Å². The summed E-state index contributed by atoms with van der Waals surface area (Å²) in [7, 11) is 0. The topological polar surface area (TPSA) is 72.8 Å². The van der Waals surface area contributed by atoms with Gasteiger partial charge in [0.1, 0.15) is 12.2 Å². The highest BCUT2D eigenvalue weighted by Gasteiger charge is 2.72. The number of ether oxygens (including phenoxy) is 2. The van der Waals surface area contributed by atoms with Crippen molar-refractivity contribution in [2.24, 2.45) is 45.3 Å². The van der Waals surface area contributed by atoms with Crippen LogP contribution in [0.25, 0.3) is 0 Å². The van der Waals surface area contributed by atoms with E-state index in [-0.39, 0.29) is 47.3 Å². The number of aliphatic hydroxyl groups is 1. The van der Waals surface area contributed by atoms with E-state index in [9.17, 15) is 14.7 Å². The van der Waals surface area contributed by atoms with E-state index in [1.54, 1.807) is 6.92 Å². The van der Waals surface area contributed by atoms with Crippen molar-refractivity contribution in [1.29, 1.82) is 0 Å². The van der Waals surface area contributed by atoms with Crippen molar-refractivity contribution in [2.45, 2.75) is 124 Å². The van der Waals surface area contributed by atoms with E-state index >= 15 is 0 Å². The van der Waals surface area contributed by atoms with Gasteiger partial charge < -0.3 is 14.6 Å². The Morgan fingerprint density at radius 3 is 2.44 bits per heavy atom. The lowest BCUT2D eigenvalue weighted by Crippen LogP contribution is -2.65. The molecular weight excluding hydrogens is 452 g/mol. The molecule has 0 bridgehead atoms. The first-order valence-electron chi connectivity index (χ1n) is 14.7. The summed E-state index contributed by atoms with van der Waals surface area (Å²) in [5.41, 5.74) is 2.27. The number of fused-ring (bicyclic) bond motifs is 7. The third kappa shape index (κ3) is 3.10. The second-order valence-corrected chi connectivity index (χ2v) is 14.4. The monoisotopic (exact) mass is 498 g/mol. The normalized spacial score (nSPS) is 52.0. The lowest BCUT2D eigenvalue weighted by Gasteiger charge is -2.69. The summed E-state index contributed by atoms with van der Waals surface area (Å²) in [4.78, 5) is 26.3. The third-order valence-electron chi connectivity index (χ3n) is 12.8. The molecule has 0 amide bonds. The molecule has 5 heteroatoms. The van der Waals surface area contributed by atoms with Crippen molar-refractivity contribution in [3.8, 4) is 0 Å². The SMILES string of the molecule is CC(O)CC(=O)O[C@H]1CC2[C@@]3(C)CCC[C@@]4(C[C@@H]4C)C3CC[C@@]2(C)[C@@H]2CCC3=C(C(=O)O[C@@H]3C)[C@@]12C. The Morgan fingerprint density at radius 2 is 1.78 bits per heavy atom. The summed E-state index contributed by atoms with van der Waals surface area (Å²) in [5.74, 6) is 1.77. The molecule has 5 nitrogen and oxygen atoms in total. The second kappa shape index (κ2) is 7.83. The molecule has 6 rings (SSSR count). The maximum Gasteiger partial charge on any atom is 0.335 e. The highest BCUT2D eigenvalue weighted by Crippen LogP contribution is 2.78. The Morgan fingerprint density at radius 1 is 1.08 bits per heavy atom. The second-order valence-electron chi connectivity index (χ2n) is 14.4. The lowest BCUT2D eigenvalue weighted by atomic mass is 9.35. The molecule has 200 valence electrons. The van der Waals surface area contributed by atoms with Gasteiger partial charge in [-0.15, -0.1) is 0 Å². The van der Waals surface area contributed by atoms with Gasteiger partial charge in [-0.1, -0.05) is 34.1 Å². The van der Waals surface area contributed by atoms with Crippen LogP contribution in [0.1, 0.15) is 106 Å². The molecule has 6 aliphatic rings. The highest BCUT2D eigenvalue weighted by atomic mass is 16.6. The molecular formula is C31H46O5. The van der Waals surface area contributed by atoms with Gasteiger partial charge in [0.25, 0.3) is 0 Å². The molecule has 1 N–H and O–H groups in total. The van der Waals surface area contributed by atoms with Crippen LogP contribution in [0.2, 0.25) is 0 Å². The minimum absolute atomic E-state index is 0.00749. The van der Waals surface area contributed by atoms with Crippen molar-refractivity contribution in [1.82, 2.24) is 0 Å². The molecule has 1 spiro atoms. The van der Waals surface area contributed by atoms with Crippen LogP contribution in [0.3, 0.4) is 0 Å². The predicted octanol–water partition coefficient (Wildman–Crippen LogP) is 5.98. The average Bonchev–Trinajstić information content (AvgIpc) is 3.30. The lowest BCUT2D eigenvalue weighted by molar-refractivity contribution is -0.223. The largest absolute Gasteiger partial charge is 0.461 e. The first-order chi connectivity index (χ1) is 16.9. The maximum absolute atomic E-state index is 13.3. The smallest absolute Gasteiger partial charge is 0.335 e. The number of esters is 2. The molecule has 0 aromatic carbocycles. The maximum atomic E-state index is 13.3. The molecule has 11 atom stereocenters. The summed E-state index contributed by atoms with van der Waals surface area (Å²) >= 11 is 0. The minimum atomic E-state index is -0.737. The van der Waals surface area contributed by atoms with Crippen molar-refractivity contribution in [3.05, 3.63) is 11.1 Å². The molecule has 36 heavy (non-hydrogen) atoms. The molecule has 1 heterocycles. The summed E-state index contributed by atoms with van der Waals surface area (Å²) in [6.07, 6.45) is 9.26. The molecule has 0 aromatic heterocycles. The fraction of sp³-hybridized carbons (Fsp3) is 0.871. The van der Waals surface area contributed by atoms with Gasteiger partial charge in [0, 0.05) is 11.0 Å². The van der Waals surface area contributed by atoms with Gasteiger partial charge in [-0.2, -0.15) is 0 Å². The van der Waals surface area contributed by atoms with E-state index < -0.39 is 11.5 Å². The van der Waals surface area contributed by atoms with Gasteiger partial charge >= 0.3 is 11.9 Å². The van der Waals surface area contributed by atoms with E-state index in [4.69, 9.17) is 9.47 Å². The zero-order valence-corrected chi connectivity index (χ0v) is 23.2. The highest BCUT2D eigenvalue weighted by molar-refractivity contribution is 5.94. The quantitative estimate of drug-likeness (QED) is 0.485. The van der Waals surface area contributed by atoms with Crippen molar-refractivity contribution in [3.63, 3.8) is 0 Å². The summed E-state index contributed by atoms with van der Waals surface area (Å²) in [6.45, 7) is 13.4. The fourth-order valence-corrected chi connectivity index (χ4v) is 11.3. The number of carbonyl (C=O) groups excluding carboxylic acids is 2. The van der Waals surface area contributed by atoms with Gasteiger partial charge in [0.05, 0.1) is 12.5 Å². The van der Waals surface area contributed by atoms with Crippen LogP contribution < -0.4 is 0 Å². The molecule has 5 aliphatic carbocycles. The average molecular weight is 499 g/mol. The summed E-state index contributed by atoms with van der Waals surface area (Å²) < 4.78 is 12.1. The molecule has 1 aliphatic heterocycles. The molecule has 0 radical (unpaired) electrons. The fourth-order valence-electron chi connectivity index (χ4n) is 11.3. The first-order valence-corrected chi connectivity index (χ1v) is 14.7. The van der Waals surface area contributed by atoms with Crippen LogP contribution >= 0.6 is 0 Å². The zero-order chi connectivity index (χ0) is 25.8. The van der Waals surface area contributed by atoms with Gasteiger partial charge in [0.15, 0.2) is 0 Å². The van der Waals surface area contributed by atoms with Crippen LogP contribution in [0.15, 0.2) is 11.1 Å². The van der Waals surface area contributed by atoms with Gasteiger partial charge in [-0.25, -0.2) is 4.79 Å². The molecule has 3 unspecified atom stereocenters. The molecule has 0 aromatic rings. The number of cyclic esters (lactones) is 1. The first kappa shape index (κ1) is 24.9. The van der Waals surface area contributed by atoms with E-state index in [1.165, 1.54) is 38.5 Å². The zero-order valence-electron chi connectivity index (χ0n) is 23.2. The number of carbonyl (C=O) groups is 2. The Balaban J connectivity index is 1.45. The summed E-state index contributed by atoms with van der Waals surface area (Å²) in [6, 6.07) is 0. The van der Waals surface area contributed by atoms with Crippen molar-refractivity contribution in [2.75, 3.05) is 0 Å². The van der Waals surface area contributed by atoms with Crippen molar-refractivity contribution >= 4 is 11.9 Å². The predicted molar refractivity (Wildman–Crippen MR) is 137 cm³/mol. The van der Waals surface area contributed by atoms with Gasteiger partial charge in [0.2, 0.25) is 0 Å². The van der Waals surface area contributed by atoms with Gasteiger partial charge in [-0.3, -0.25) is 4.79 Å². The van der Waals surface area contributed by atoms with Crippen LogP contribution in [-0.4, -0.2) is 35.4 Å². The molecule has 0 saturated heterocycles. The van der Waals surface area contributed by atoms with Crippen LogP contribution in [0, 0.1) is 45.3 Å². The molecule has 4 saturated carbocycles. The number of rotatable bonds is 3.